The number of para-hydroxylation sites is 1. The molecule has 0 N–H and O–H groups in total. The molecule has 0 aromatic heterocycles. The summed E-state index contributed by atoms with van der Waals surface area (Å²) in [6, 6.07) is 14.1. The Labute approximate surface area is 160 Å². The Morgan fingerprint density at radius 1 is 1.15 bits per heavy atom. The minimum absolute atomic E-state index is 0.131. The molecule has 1 aliphatic carbocycles. The maximum Gasteiger partial charge on any atom is 0.264 e. The summed E-state index contributed by atoms with van der Waals surface area (Å²) >= 11 is 0. The van der Waals surface area contributed by atoms with Gasteiger partial charge in [0, 0.05) is 25.2 Å². The lowest BCUT2D eigenvalue weighted by Gasteiger charge is -2.25. The van der Waals surface area contributed by atoms with E-state index in [9.17, 15) is 13.2 Å². The minimum Gasteiger partial charge on any atom is -0.339 e. The number of amides is 1. The fourth-order valence-electron chi connectivity index (χ4n) is 3.76. The summed E-state index contributed by atoms with van der Waals surface area (Å²) in [6.07, 6.45) is 3.01. The Morgan fingerprint density at radius 3 is 2.63 bits per heavy atom. The number of benzene rings is 2. The summed E-state index contributed by atoms with van der Waals surface area (Å²) in [5, 5.41) is 0. The molecule has 4 rings (SSSR count). The summed E-state index contributed by atoms with van der Waals surface area (Å²) in [5.41, 5.74) is 2.18. The van der Waals surface area contributed by atoms with Gasteiger partial charge in [-0.05, 0) is 61.9 Å². The molecular weight excluding hydrogens is 360 g/mol. The van der Waals surface area contributed by atoms with E-state index in [4.69, 9.17) is 0 Å². The van der Waals surface area contributed by atoms with Crippen molar-refractivity contribution in [2.45, 2.75) is 37.1 Å². The Balaban J connectivity index is 1.63. The molecule has 2 aromatic rings. The van der Waals surface area contributed by atoms with Gasteiger partial charge in [-0.25, -0.2) is 8.42 Å². The molecule has 6 heteroatoms. The topological polar surface area (TPSA) is 57.7 Å². The number of sulfonamides is 1. The zero-order valence-electron chi connectivity index (χ0n) is 15.6. The third-order valence-electron chi connectivity index (χ3n) is 5.75. The van der Waals surface area contributed by atoms with E-state index in [-0.39, 0.29) is 16.8 Å². The zero-order valence-corrected chi connectivity index (χ0v) is 16.4. The van der Waals surface area contributed by atoms with Gasteiger partial charge in [-0.3, -0.25) is 9.10 Å². The highest BCUT2D eigenvalue weighted by molar-refractivity contribution is 7.92. The molecule has 27 heavy (non-hydrogen) atoms. The summed E-state index contributed by atoms with van der Waals surface area (Å²) in [5.74, 6) is 0.431. The summed E-state index contributed by atoms with van der Waals surface area (Å²) in [6.45, 7) is 2.48. The highest BCUT2D eigenvalue weighted by Gasteiger charge is 2.34. The first kappa shape index (κ1) is 18.0. The molecule has 1 unspecified atom stereocenters. The van der Waals surface area contributed by atoms with Gasteiger partial charge in [0.2, 0.25) is 0 Å². The first-order valence-corrected chi connectivity index (χ1v) is 10.8. The second-order valence-electron chi connectivity index (χ2n) is 7.48. The second kappa shape index (κ2) is 6.68. The van der Waals surface area contributed by atoms with Crippen LogP contribution < -0.4 is 4.31 Å². The largest absolute Gasteiger partial charge is 0.339 e. The lowest BCUT2D eigenvalue weighted by Crippen LogP contribution is -2.36. The summed E-state index contributed by atoms with van der Waals surface area (Å²) < 4.78 is 27.8. The highest BCUT2D eigenvalue weighted by Crippen LogP contribution is 2.35. The van der Waals surface area contributed by atoms with E-state index in [1.165, 1.54) is 10.4 Å². The summed E-state index contributed by atoms with van der Waals surface area (Å²) in [7, 11) is -1.90. The number of fused-ring (bicyclic) bond motifs is 1. The third kappa shape index (κ3) is 3.23. The second-order valence-corrected chi connectivity index (χ2v) is 9.34. The van der Waals surface area contributed by atoms with E-state index in [0.29, 0.717) is 24.4 Å². The lowest BCUT2D eigenvalue weighted by molar-refractivity contribution is 0.0727. The average molecular weight is 385 g/mol. The molecule has 1 fully saturated rings. The van der Waals surface area contributed by atoms with Gasteiger partial charge >= 0.3 is 0 Å². The fraction of sp³-hybridized carbons (Fsp3) is 0.381. The smallest absolute Gasteiger partial charge is 0.264 e. The van der Waals surface area contributed by atoms with Crippen molar-refractivity contribution in [3.05, 3.63) is 59.7 Å². The number of hydrogen-bond donors (Lipinski definition) is 0. The van der Waals surface area contributed by atoms with Crippen LogP contribution in [0.1, 0.15) is 35.7 Å². The van der Waals surface area contributed by atoms with Crippen LogP contribution in [0.5, 0.6) is 0 Å². The predicted molar refractivity (Wildman–Crippen MR) is 105 cm³/mol. The predicted octanol–water partition coefficient (Wildman–Crippen LogP) is 3.31. The molecule has 5 nitrogen and oxygen atoms in total. The first-order chi connectivity index (χ1) is 12.9. The maximum atomic E-state index is 13.2. The van der Waals surface area contributed by atoms with Crippen molar-refractivity contribution in [3.8, 4) is 0 Å². The first-order valence-electron chi connectivity index (χ1n) is 9.37. The zero-order chi connectivity index (χ0) is 19.2. The van der Waals surface area contributed by atoms with Crippen LogP contribution >= 0.6 is 0 Å². The lowest BCUT2D eigenvalue weighted by atomic mass is 10.1. The molecule has 0 spiro atoms. The standard InChI is InChI=1S/C21H24N2O3S/c1-15(16-10-11-16)22(2)21(24)18-7-5-8-19(14-18)27(25,26)23-13-12-17-6-3-4-9-20(17)23/h3-9,14-16H,10-13H2,1-2H3. The number of nitrogens with zero attached hydrogens (tertiary/aromatic N) is 2. The monoisotopic (exact) mass is 384 g/mol. The molecule has 2 aromatic carbocycles. The number of rotatable bonds is 5. The van der Waals surface area contributed by atoms with Gasteiger partial charge in [-0.2, -0.15) is 0 Å². The van der Waals surface area contributed by atoms with Crippen LogP contribution in [0.4, 0.5) is 5.69 Å². The van der Waals surface area contributed by atoms with E-state index in [2.05, 4.69) is 6.92 Å². The minimum atomic E-state index is -3.70. The molecular formula is C21H24N2O3S. The molecule has 1 amide bonds. The quantitative estimate of drug-likeness (QED) is 0.795. The average Bonchev–Trinajstić information content (AvgIpc) is 3.44. The SMILES string of the molecule is CC(C1CC1)N(C)C(=O)c1cccc(S(=O)(=O)N2CCc3ccccc32)c1. The highest BCUT2D eigenvalue weighted by atomic mass is 32.2. The molecule has 1 aliphatic heterocycles. The molecule has 142 valence electrons. The molecule has 1 atom stereocenters. The van der Waals surface area contributed by atoms with Gasteiger partial charge in [0.15, 0.2) is 0 Å². The van der Waals surface area contributed by atoms with Crippen LogP contribution in [0.2, 0.25) is 0 Å². The van der Waals surface area contributed by atoms with Crippen molar-refractivity contribution in [1.82, 2.24) is 4.90 Å². The van der Waals surface area contributed by atoms with Crippen molar-refractivity contribution < 1.29 is 13.2 Å². The number of carbonyl (C=O) groups excluding carboxylic acids is 1. The molecule has 0 radical (unpaired) electrons. The van der Waals surface area contributed by atoms with Crippen LogP contribution in [0, 0.1) is 5.92 Å². The van der Waals surface area contributed by atoms with Gasteiger partial charge in [0.25, 0.3) is 15.9 Å². The normalized spacial score (nSPS) is 17.5. The molecule has 1 heterocycles. The molecule has 2 aliphatic rings. The van der Waals surface area contributed by atoms with E-state index >= 15 is 0 Å². The van der Waals surface area contributed by atoms with Crippen LogP contribution in [-0.2, 0) is 16.4 Å². The van der Waals surface area contributed by atoms with Crippen LogP contribution in [0.15, 0.2) is 53.4 Å². The van der Waals surface area contributed by atoms with Crippen molar-refractivity contribution in [1.29, 1.82) is 0 Å². The number of anilines is 1. The Morgan fingerprint density at radius 2 is 1.89 bits per heavy atom. The van der Waals surface area contributed by atoms with Crippen molar-refractivity contribution >= 4 is 21.6 Å². The number of hydrogen-bond acceptors (Lipinski definition) is 3. The van der Waals surface area contributed by atoms with Gasteiger partial charge < -0.3 is 4.90 Å². The molecule has 0 saturated heterocycles. The van der Waals surface area contributed by atoms with E-state index < -0.39 is 10.0 Å². The fourth-order valence-corrected chi connectivity index (χ4v) is 5.31. The van der Waals surface area contributed by atoms with Crippen LogP contribution in [0.25, 0.3) is 0 Å². The van der Waals surface area contributed by atoms with Gasteiger partial charge in [0.1, 0.15) is 0 Å². The molecule has 1 saturated carbocycles. The molecule has 0 bridgehead atoms. The van der Waals surface area contributed by atoms with Crippen molar-refractivity contribution in [3.63, 3.8) is 0 Å². The van der Waals surface area contributed by atoms with Crippen molar-refractivity contribution in [2.75, 3.05) is 17.9 Å². The Bertz CT molecular complexity index is 982. The van der Waals surface area contributed by atoms with Crippen molar-refractivity contribution in [2.24, 2.45) is 5.92 Å². The third-order valence-corrected chi connectivity index (χ3v) is 7.56. The van der Waals surface area contributed by atoms with Crippen LogP contribution in [-0.4, -0.2) is 38.9 Å². The van der Waals surface area contributed by atoms with Gasteiger partial charge in [-0.15, -0.1) is 0 Å². The number of carbonyl (C=O) groups is 1. The maximum absolute atomic E-state index is 13.2. The summed E-state index contributed by atoms with van der Waals surface area (Å²) in [4.78, 5) is 14.7. The van der Waals surface area contributed by atoms with Gasteiger partial charge in [0.05, 0.1) is 10.6 Å². The van der Waals surface area contributed by atoms with Crippen LogP contribution in [0.3, 0.4) is 0 Å². The van der Waals surface area contributed by atoms with E-state index in [1.807, 2.05) is 24.3 Å². The Hall–Kier alpha value is -2.34. The van der Waals surface area contributed by atoms with Gasteiger partial charge in [-0.1, -0.05) is 24.3 Å². The van der Waals surface area contributed by atoms with E-state index in [1.54, 1.807) is 30.1 Å². The Kier molecular flexibility index (Phi) is 4.46. The van der Waals surface area contributed by atoms with E-state index in [0.717, 1.165) is 24.1 Å².